The van der Waals surface area contributed by atoms with Crippen molar-refractivity contribution in [3.05, 3.63) is 155 Å². The summed E-state index contributed by atoms with van der Waals surface area (Å²) < 4.78 is 24.9. The van der Waals surface area contributed by atoms with Crippen LogP contribution in [0.5, 0.6) is 23.0 Å². The predicted octanol–water partition coefficient (Wildman–Crippen LogP) is 9.80. The van der Waals surface area contributed by atoms with Crippen LogP contribution in [0, 0.1) is 0 Å². The molecule has 14 nitrogen and oxygen atoms in total. The van der Waals surface area contributed by atoms with Crippen LogP contribution in [0.25, 0.3) is 0 Å². The third-order valence-corrected chi connectivity index (χ3v) is 12.4. The van der Waals surface area contributed by atoms with Crippen molar-refractivity contribution in [2.24, 2.45) is 0 Å². The zero-order chi connectivity index (χ0) is 49.6. The van der Waals surface area contributed by atoms with Crippen LogP contribution in [0.2, 0.25) is 0 Å². The van der Waals surface area contributed by atoms with Gasteiger partial charge in [0.1, 0.15) is 59.0 Å². The Hall–Kier alpha value is -7.48. The van der Waals surface area contributed by atoms with Gasteiger partial charge in [-0.15, -0.1) is 10.2 Å². The first kappa shape index (κ1) is 50.4. The number of anilines is 2. The van der Waals surface area contributed by atoms with Gasteiger partial charge in [-0.25, -0.2) is 0 Å². The molecule has 0 radical (unpaired) electrons. The number of para-hydroxylation sites is 2. The molecular weight excluding hydrogens is 885 g/mol. The summed E-state index contributed by atoms with van der Waals surface area (Å²) in [5, 5.41) is 23.6. The second kappa shape index (κ2) is 24.2. The minimum absolute atomic E-state index is 0.0727. The second-order valence-electron chi connectivity index (χ2n) is 18.3. The topological polar surface area (TPSA) is 181 Å². The number of amides is 2. The Morgan fingerprint density at radius 3 is 1.31 bits per heavy atom. The minimum Gasteiger partial charge on any atom is -0.487 e. The van der Waals surface area contributed by atoms with Crippen molar-refractivity contribution in [3.63, 3.8) is 0 Å². The number of ketones is 2. The first-order valence-corrected chi connectivity index (χ1v) is 24.0. The molecular formula is C56H62N6O8. The lowest BCUT2D eigenvalue weighted by molar-refractivity contribution is -0.117. The van der Waals surface area contributed by atoms with E-state index in [1.54, 1.807) is 26.0 Å². The molecule has 6 atom stereocenters. The van der Waals surface area contributed by atoms with Crippen LogP contribution in [-0.2, 0) is 44.9 Å². The fourth-order valence-electron chi connectivity index (χ4n) is 8.48. The van der Waals surface area contributed by atoms with Crippen LogP contribution in [0.4, 0.5) is 11.6 Å². The zero-order valence-corrected chi connectivity index (χ0v) is 40.7. The van der Waals surface area contributed by atoms with Crippen molar-refractivity contribution in [2.45, 2.75) is 129 Å². The Balaban J connectivity index is 0.870. The molecule has 6 aromatic rings. The van der Waals surface area contributed by atoms with Crippen molar-refractivity contribution in [1.29, 1.82) is 0 Å². The molecule has 364 valence electrons. The highest BCUT2D eigenvalue weighted by molar-refractivity contribution is 5.92. The third-order valence-electron chi connectivity index (χ3n) is 12.4. The zero-order valence-electron chi connectivity index (χ0n) is 40.7. The van der Waals surface area contributed by atoms with E-state index in [0.29, 0.717) is 47.5 Å². The number of rotatable bonds is 22. The van der Waals surface area contributed by atoms with Crippen LogP contribution in [-0.4, -0.2) is 68.2 Å². The van der Waals surface area contributed by atoms with Gasteiger partial charge in [-0.05, 0) is 133 Å². The predicted molar refractivity (Wildman–Crippen MR) is 268 cm³/mol. The van der Waals surface area contributed by atoms with E-state index in [9.17, 15) is 19.2 Å². The van der Waals surface area contributed by atoms with E-state index in [4.69, 9.17) is 18.9 Å². The molecule has 0 aliphatic heterocycles. The molecule has 2 amide bonds. The van der Waals surface area contributed by atoms with Crippen molar-refractivity contribution in [3.8, 4) is 23.0 Å². The normalized spacial score (nSPS) is 16.1. The van der Waals surface area contributed by atoms with Crippen molar-refractivity contribution >= 4 is 35.0 Å². The lowest BCUT2D eigenvalue weighted by Crippen LogP contribution is -2.31. The summed E-state index contributed by atoms with van der Waals surface area (Å²) >= 11 is 0. The molecule has 1 aliphatic carbocycles. The lowest BCUT2D eigenvalue weighted by Gasteiger charge is -2.28. The smallest absolute Gasteiger partial charge is 0.230 e. The molecule has 4 aromatic carbocycles. The van der Waals surface area contributed by atoms with Gasteiger partial charge < -0.3 is 29.6 Å². The Labute approximate surface area is 409 Å². The first-order valence-electron chi connectivity index (χ1n) is 24.0. The summed E-state index contributed by atoms with van der Waals surface area (Å²) in [5.41, 5.74) is 4.93. The molecule has 1 saturated carbocycles. The Morgan fingerprint density at radius 1 is 0.500 bits per heavy atom. The van der Waals surface area contributed by atoms with E-state index in [1.807, 2.05) is 137 Å². The maximum Gasteiger partial charge on any atom is 0.230 e. The number of nitrogens with one attached hydrogen (secondary N) is 2. The van der Waals surface area contributed by atoms with Gasteiger partial charge in [-0.1, -0.05) is 67.1 Å². The molecule has 0 saturated heterocycles. The van der Waals surface area contributed by atoms with Gasteiger partial charge in [0.05, 0.1) is 24.2 Å². The number of carbonyl (C=O) groups excluding carboxylic acids is 4. The average molecular weight is 947 g/mol. The molecule has 14 heteroatoms. The SMILES string of the molecule is CC(=O)Cc1cccc(OC(C)C(C)Oc2ccccc2CC(=O)Nc2ccc([C@H]3CCC[C@H](c4ccc(NC(=O)Cc5ccccc5OC(C)C(C)Oc5cccc(CC(C)=O)c5)nn4)C3)nn2)c1. The Kier molecular flexibility index (Phi) is 17.4. The number of hydrogen-bond acceptors (Lipinski definition) is 12. The highest BCUT2D eigenvalue weighted by Crippen LogP contribution is 2.40. The molecule has 4 unspecified atom stereocenters. The lowest BCUT2D eigenvalue weighted by atomic mass is 9.78. The standard InChI is InChI=1S/C56H62N6O8/c1-35(63)28-41-14-11-20-47(30-41)67-37(3)39(5)69-51-22-9-7-16-45(51)33-55(65)57-53-26-24-49(59-61-53)43-18-13-19-44(32-43)50-25-27-54(62-60-50)58-56(66)34-46-17-8-10-23-52(46)70-40(6)38(4)68-48-21-12-15-42(31-48)29-36(2)64/h7-12,14-17,20-27,30-31,37-40,43-44H,13,18-19,28-29,32-34H2,1-6H3,(H,57,61,65)(H,58,62,66)/t37?,38?,39?,40?,43-,44-/m0/s1. The summed E-state index contributed by atoms with van der Waals surface area (Å²) in [4.78, 5) is 49.7. The van der Waals surface area contributed by atoms with Crippen LogP contribution in [0.3, 0.4) is 0 Å². The van der Waals surface area contributed by atoms with Crippen LogP contribution < -0.4 is 29.6 Å². The summed E-state index contributed by atoms with van der Waals surface area (Å²) in [7, 11) is 0. The number of benzene rings is 4. The van der Waals surface area contributed by atoms with Crippen molar-refractivity contribution in [2.75, 3.05) is 10.6 Å². The number of carbonyl (C=O) groups is 4. The van der Waals surface area contributed by atoms with Gasteiger partial charge in [-0.2, -0.15) is 10.2 Å². The number of aromatic nitrogens is 4. The molecule has 7 rings (SSSR count). The summed E-state index contributed by atoms with van der Waals surface area (Å²) in [6.45, 7) is 10.8. The summed E-state index contributed by atoms with van der Waals surface area (Å²) in [6, 6.07) is 37.3. The van der Waals surface area contributed by atoms with Crippen molar-refractivity contribution in [1.82, 2.24) is 20.4 Å². The number of ether oxygens (including phenoxy) is 4. The van der Waals surface area contributed by atoms with E-state index < -0.39 is 0 Å². The second-order valence-corrected chi connectivity index (χ2v) is 18.3. The average Bonchev–Trinajstić information content (AvgIpc) is 3.33. The number of Topliss-reactive ketones (excluding diaryl/α,β-unsaturated/α-hetero) is 2. The maximum absolute atomic E-state index is 13.3. The maximum atomic E-state index is 13.3. The molecule has 2 aromatic heterocycles. The number of hydrogen-bond donors (Lipinski definition) is 2. The van der Waals surface area contributed by atoms with Crippen LogP contribution in [0.1, 0.15) is 113 Å². The van der Waals surface area contributed by atoms with Gasteiger partial charge in [0.15, 0.2) is 11.6 Å². The van der Waals surface area contributed by atoms with E-state index in [1.165, 1.54) is 0 Å². The van der Waals surface area contributed by atoms with E-state index in [2.05, 4.69) is 31.0 Å². The molecule has 1 fully saturated rings. The van der Waals surface area contributed by atoms with Gasteiger partial charge in [-0.3, -0.25) is 19.2 Å². The quantitative estimate of drug-likeness (QED) is 0.0659. The highest BCUT2D eigenvalue weighted by atomic mass is 16.5. The van der Waals surface area contributed by atoms with Gasteiger partial charge in [0.2, 0.25) is 11.8 Å². The van der Waals surface area contributed by atoms with E-state index in [0.717, 1.165) is 59.3 Å². The van der Waals surface area contributed by atoms with Gasteiger partial charge in [0.25, 0.3) is 0 Å². The fourth-order valence-corrected chi connectivity index (χ4v) is 8.48. The van der Waals surface area contributed by atoms with E-state index >= 15 is 0 Å². The Morgan fingerprint density at radius 2 is 0.914 bits per heavy atom. The van der Waals surface area contributed by atoms with Gasteiger partial charge >= 0.3 is 0 Å². The fraction of sp³-hybridized carbons (Fsp3) is 0.357. The van der Waals surface area contributed by atoms with Crippen molar-refractivity contribution < 1.29 is 38.1 Å². The minimum atomic E-state index is -0.344. The molecule has 2 heterocycles. The first-order chi connectivity index (χ1) is 33.7. The molecule has 0 spiro atoms. The van der Waals surface area contributed by atoms with Crippen LogP contribution in [0.15, 0.2) is 121 Å². The van der Waals surface area contributed by atoms with Gasteiger partial charge in [0, 0.05) is 35.8 Å². The molecule has 70 heavy (non-hydrogen) atoms. The summed E-state index contributed by atoms with van der Waals surface area (Å²) in [6.07, 6.45) is 3.22. The monoisotopic (exact) mass is 946 g/mol. The molecule has 1 aliphatic rings. The highest BCUT2D eigenvalue weighted by Gasteiger charge is 2.27. The number of nitrogens with zero attached hydrogens (tertiary/aromatic N) is 4. The van der Waals surface area contributed by atoms with E-state index in [-0.39, 0.29) is 72.5 Å². The third kappa shape index (κ3) is 14.8. The van der Waals surface area contributed by atoms with Crippen LogP contribution >= 0.6 is 0 Å². The Bertz CT molecular complexity index is 2550. The largest absolute Gasteiger partial charge is 0.487 e. The summed E-state index contributed by atoms with van der Waals surface area (Å²) in [5.74, 6) is 3.19. The molecule has 2 N–H and O–H groups in total. The molecule has 0 bridgehead atoms.